The molecule has 0 aromatic carbocycles. The van der Waals surface area contributed by atoms with Crippen LogP contribution in [0.2, 0.25) is 0 Å². The van der Waals surface area contributed by atoms with Crippen molar-refractivity contribution in [2.45, 2.75) is 52.1 Å². The molecule has 0 radical (unpaired) electrons. The summed E-state index contributed by atoms with van der Waals surface area (Å²) in [5.74, 6) is 0.553. The normalized spacial score (nSPS) is 20.9. The number of nitrogens with zero attached hydrogens (tertiary/aromatic N) is 3. The van der Waals surface area contributed by atoms with Gasteiger partial charge in [0.2, 0.25) is 5.91 Å². The van der Waals surface area contributed by atoms with Crippen LogP contribution < -0.4 is 0 Å². The van der Waals surface area contributed by atoms with Crippen LogP contribution in [0.3, 0.4) is 0 Å². The van der Waals surface area contributed by atoms with E-state index in [4.69, 9.17) is 0 Å². The second kappa shape index (κ2) is 7.74. The lowest BCUT2D eigenvalue weighted by molar-refractivity contribution is -0.139. The summed E-state index contributed by atoms with van der Waals surface area (Å²) in [5, 5.41) is 3.17. The molecule has 2 aliphatic rings. The van der Waals surface area contributed by atoms with Gasteiger partial charge in [0, 0.05) is 43.5 Å². The summed E-state index contributed by atoms with van der Waals surface area (Å²) in [5.41, 5.74) is 1.76. The quantitative estimate of drug-likeness (QED) is 0.725. The number of carbonyl (C=O) groups excluding carboxylic acids is 2. The Morgan fingerprint density at radius 3 is 2.68 bits per heavy atom. The molecule has 2 aromatic heterocycles. The fraction of sp³-hybridized carbons (Fsp3) is 0.545. The van der Waals surface area contributed by atoms with Crippen LogP contribution in [0.1, 0.15) is 50.0 Å². The second-order valence-electron chi connectivity index (χ2n) is 8.37. The average molecular weight is 400 g/mol. The number of allylic oxidation sites excluding steroid dienone is 1. The maximum atomic E-state index is 13.3. The predicted octanol–water partition coefficient (Wildman–Crippen LogP) is 4.14. The Kier molecular flexibility index (Phi) is 5.32. The fourth-order valence-electron chi connectivity index (χ4n) is 4.62. The Hall–Kier alpha value is -2.08. The van der Waals surface area contributed by atoms with Crippen LogP contribution >= 0.6 is 11.3 Å². The first-order valence-electron chi connectivity index (χ1n) is 10.3. The Bertz CT molecular complexity index is 906. The molecule has 0 spiro atoms. The third-order valence-corrected chi connectivity index (χ3v) is 7.00. The van der Waals surface area contributed by atoms with Crippen molar-refractivity contribution < 1.29 is 9.59 Å². The van der Waals surface area contributed by atoms with Gasteiger partial charge in [-0.05, 0) is 44.2 Å². The first-order chi connectivity index (χ1) is 13.5. The van der Waals surface area contributed by atoms with Gasteiger partial charge in [-0.2, -0.15) is 0 Å². The lowest BCUT2D eigenvalue weighted by Crippen LogP contribution is -2.56. The highest BCUT2D eigenvalue weighted by molar-refractivity contribution is 7.16. The van der Waals surface area contributed by atoms with E-state index >= 15 is 0 Å². The minimum Gasteiger partial charge on any atom is -0.336 e. The molecule has 1 saturated heterocycles. The van der Waals surface area contributed by atoms with Gasteiger partial charge in [-0.15, -0.1) is 11.3 Å². The van der Waals surface area contributed by atoms with Gasteiger partial charge in [0.25, 0.3) is 5.91 Å². The SMILES string of the molecule is C=C(C)Cn1c(C(=O)N2CCN(C(=O)C3CCCC3)C(C)C2)cc2ccsc21. The lowest BCUT2D eigenvalue weighted by Gasteiger charge is -2.41. The number of carbonyl (C=O) groups is 2. The van der Waals surface area contributed by atoms with E-state index in [0.717, 1.165) is 34.3 Å². The number of thiophene rings is 1. The molecule has 0 N–H and O–H groups in total. The van der Waals surface area contributed by atoms with Gasteiger partial charge in [-0.3, -0.25) is 9.59 Å². The van der Waals surface area contributed by atoms with Gasteiger partial charge in [-0.25, -0.2) is 0 Å². The molecular formula is C22H29N3O2S. The molecule has 150 valence electrons. The Balaban J connectivity index is 1.50. The van der Waals surface area contributed by atoms with Crippen molar-refractivity contribution in [2.75, 3.05) is 19.6 Å². The highest BCUT2D eigenvalue weighted by Gasteiger charge is 2.35. The van der Waals surface area contributed by atoms with E-state index in [1.807, 2.05) is 22.8 Å². The van der Waals surface area contributed by atoms with Gasteiger partial charge >= 0.3 is 0 Å². The van der Waals surface area contributed by atoms with Gasteiger partial charge in [-0.1, -0.05) is 25.0 Å². The zero-order chi connectivity index (χ0) is 19.8. The van der Waals surface area contributed by atoms with Crippen LogP contribution in [-0.2, 0) is 11.3 Å². The Morgan fingerprint density at radius 1 is 1.25 bits per heavy atom. The van der Waals surface area contributed by atoms with Crippen molar-refractivity contribution in [3.05, 3.63) is 35.4 Å². The monoisotopic (exact) mass is 399 g/mol. The van der Waals surface area contributed by atoms with Crippen LogP contribution in [-0.4, -0.2) is 51.9 Å². The molecular weight excluding hydrogens is 370 g/mol. The molecule has 1 aliphatic carbocycles. The number of amides is 2. The number of fused-ring (bicyclic) bond motifs is 1. The standard InChI is InChI=1S/C22H29N3O2S/c1-15(2)13-25-19(12-18-8-11-28-22(18)25)21(27)23-9-10-24(16(3)14-23)20(26)17-6-4-5-7-17/h8,11-12,16-17H,1,4-7,9-10,13-14H2,2-3H3. The van der Waals surface area contributed by atoms with Gasteiger partial charge in [0.1, 0.15) is 10.5 Å². The van der Waals surface area contributed by atoms with Crippen LogP contribution in [0.25, 0.3) is 10.2 Å². The van der Waals surface area contributed by atoms with Gasteiger partial charge in [0.15, 0.2) is 0 Å². The zero-order valence-electron chi connectivity index (χ0n) is 16.8. The van der Waals surface area contributed by atoms with E-state index in [2.05, 4.69) is 29.5 Å². The molecule has 5 nitrogen and oxygen atoms in total. The maximum absolute atomic E-state index is 13.3. The summed E-state index contributed by atoms with van der Waals surface area (Å²) in [7, 11) is 0. The number of rotatable bonds is 4. The predicted molar refractivity (Wildman–Crippen MR) is 114 cm³/mol. The fourth-order valence-corrected chi connectivity index (χ4v) is 5.51. The molecule has 1 unspecified atom stereocenters. The minimum atomic E-state index is 0.0597. The Morgan fingerprint density at radius 2 is 2.00 bits per heavy atom. The molecule has 28 heavy (non-hydrogen) atoms. The molecule has 2 fully saturated rings. The molecule has 3 heterocycles. The highest BCUT2D eigenvalue weighted by atomic mass is 32.1. The largest absolute Gasteiger partial charge is 0.336 e. The summed E-state index contributed by atoms with van der Waals surface area (Å²) in [6, 6.07) is 4.13. The third kappa shape index (κ3) is 3.50. The number of hydrogen-bond donors (Lipinski definition) is 0. The first kappa shape index (κ1) is 19.2. The molecule has 1 atom stereocenters. The van der Waals surface area contributed by atoms with E-state index in [1.54, 1.807) is 11.3 Å². The van der Waals surface area contributed by atoms with Gasteiger partial charge in [0.05, 0.1) is 0 Å². The van der Waals surface area contributed by atoms with Crippen molar-refractivity contribution in [1.29, 1.82) is 0 Å². The molecule has 2 aromatic rings. The number of piperazine rings is 1. The summed E-state index contributed by atoms with van der Waals surface area (Å²) in [6.45, 7) is 10.6. The molecule has 1 aliphatic heterocycles. The van der Waals surface area contributed by atoms with Crippen molar-refractivity contribution in [3.8, 4) is 0 Å². The topological polar surface area (TPSA) is 45.6 Å². The van der Waals surface area contributed by atoms with E-state index < -0.39 is 0 Å². The van der Waals surface area contributed by atoms with Crippen molar-refractivity contribution in [2.24, 2.45) is 5.92 Å². The molecule has 2 amide bonds. The second-order valence-corrected chi connectivity index (χ2v) is 9.26. The lowest BCUT2D eigenvalue weighted by atomic mass is 10.0. The zero-order valence-corrected chi connectivity index (χ0v) is 17.6. The third-order valence-electron chi connectivity index (χ3n) is 6.05. The molecule has 1 saturated carbocycles. The van der Waals surface area contributed by atoms with E-state index in [9.17, 15) is 9.59 Å². The number of aromatic nitrogens is 1. The summed E-state index contributed by atoms with van der Waals surface area (Å²) in [6.07, 6.45) is 4.38. The summed E-state index contributed by atoms with van der Waals surface area (Å²) < 4.78 is 2.09. The Labute approximate surface area is 170 Å². The first-order valence-corrected chi connectivity index (χ1v) is 11.1. The molecule has 6 heteroatoms. The van der Waals surface area contributed by atoms with Crippen LogP contribution in [0, 0.1) is 5.92 Å². The smallest absolute Gasteiger partial charge is 0.270 e. The number of hydrogen-bond acceptors (Lipinski definition) is 3. The molecule has 4 rings (SSSR count). The maximum Gasteiger partial charge on any atom is 0.270 e. The molecule has 0 bridgehead atoms. The van der Waals surface area contributed by atoms with Crippen LogP contribution in [0.4, 0.5) is 0 Å². The van der Waals surface area contributed by atoms with Crippen LogP contribution in [0.5, 0.6) is 0 Å². The minimum absolute atomic E-state index is 0.0597. The van der Waals surface area contributed by atoms with Crippen molar-refractivity contribution >= 4 is 33.4 Å². The van der Waals surface area contributed by atoms with E-state index in [-0.39, 0.29) is 17.9 Å². The van der Waals surface area contributed by atoms with Crippen molar-refractivity contribution in [1.82, 2.24) is 14.4 Å². The van der Waals surface area contributed by atoms with E-state index in [0.29, 0.717) is 32.1 Å². The highest BCUT2D eigenvalue weighted by Crippen LogP contribution is 2.29. The van der Waals surface area contributed by atoms with E-state index in [1.165, 1.54) is 12.8 Å². The van der Waals surface area contributed by atoms with Crippen molar-refractivity contribution in [3.63, 3.8) is 0 Å². The summed E-state index contributed by atoms with van der Waals surface area (Å²) >= 11 is 1.66. The summed E-state index contributed by atoms with van der Waals surface area (Å²) in [4.78, 5) is 31.2. The van der Waals surface area contributed by atoms with Crippen LogP contribution in [0.15, 0.2) is 29.7 Å². The van der Waals surface area contributed by atoms with Gasteiger partial charge < -0.3 is 14.4 Å². The average Bonchev–Trinajstić information content (AvgIpc) is 3.39.